The van der Waals surface area contributed by atoms with Gasteiger partial charge >= 0.3 is 0 Å². The fraction of sp³-hybridized carbons (Fsp3) is 0.133. The minimum absolute atomic E-state index is 0.100. The lowest BCUT2D eigenvalue weighted by Crippen LogP contribution is -2.13. The molecule has 2 aromatic carbocycles. The van der Waals surface area contributed by atoms with Crippen LogP contribution in [0.15, 0.2) is 42.5 Å². The number of phenolic OH excluding ortho intramolecular Hbond substituents is 1. The van der Waals surface area contributed by atoms with Gasteiger partial charge in [-0.2, -0.15) is 0 Å². The van der Waals surface area contributed by atoms with Crippen molar-refractivity contribution in [3.63, 3.8) is 0 Å². The summed E-state index contributed by atoms with van der Waals surface area (Å²) >= 11 is 2.01. The number of benzene rings is 2. The minimum atomic E-state index is -0.264. The lowest BCUT2D eigenvalue weighted by Gasteiger charge is -2.10. The molecule has 4 nitrogen and oxygen atoms in total. The number of rotatable bonds is 4. The number of carbonyl (C=O) groups excluding carboxylic acids is 1. The van der Waals surface area contributed by atoms with Crippen molar-refractivity contribution < 1.29 is 14.6 Å². The van der Waals surface area contributed by atoms with Crippen LogP contribution in [0.5, 0.6) is 5.75 Å². The largest absolute Gasteiger partial charge is 0.507 e. The summed E-state index contributed by atoms with van der Waals surface area (Å²) in [5.74, 6) is -0.163. The van der Waals surface area contributed by atoms with E-state index in [9.17, 15) is 9.90 Å². The number of phenols is 1. The number of methoxy groups -OCH3 is 1. The molecule has 0 aliphatic carbocycles. The zero-order valence-electron chi connectivity index (χ0n) is 10.9. The molecule has 0 heterocycles. The van der Waals surface area contributed by atoms with Gasteiger partial charge in [0.15, 0.2) is 0 Å². The monoisotopic (exact) mass is 383 g/mol. The molecule has 5 heteroatoms. The average molecular weight is 383 g/mol. The van der Waals surface area contributed by atoms with E-state index in [4.69, 9.17) is 4.74 Å². The molecule has 0 fully saturated rings. The van der Waals surface area contributed by atoms with Crippen molar-refractivity contribution in [2.45, 2.75) is 6.61 Å². The Kier molecular flexibility index (Phi) is 4.97. The third-order valence-electron chi connectivity index (χ3n) is 2.77. The predicted molar refractivity (Wildman–Crippen MR) is 85.9 cm³/mol. The third kappa shape index (κ3) is 3.49. The number of hydrogen-bond donors (Lipinski definition) is 2. The van der Waals surface area contributed by atoms with Crippen molar-refractivity contribution in [1.29, 1.82) is 0 Å². The van der Waals surface area contributed by atoms with E-state index in [2.05, 4.69) is 5.32 Å². The van der Waals surface area contributed by atoms with Gasteiger partial charge in [-0.25, -0.2) is 0 Å². The van der Waals surface area contributed by atoms with E-state index in [1.165, 1.54) is 6.07 Å². The number of ether oxygens (including phenoxy) is 1. The number of nitrogens with one attached hydrogen (secondary N) is 1. The summed E-state index contributed by atoms with van der Waals surface area (Å²) in [6, 6.07) is 12.3. The Morgan fingerprint density at radius 1 is 1.30 bits per heavy atom. The Hall–Kier alpha value is -1.60. The number of halogens is 1. The zero-order valence-corrected chi connectivity index (χ0v) is 13.0. The molecule has 1 amide bonds. The van der Waals surface area contributed by atoms with Crippen LogP contribution >= 0.6 is 22.6 Å². The van der Waals surface area contributed by atoms with Crippen molar-refractivity contribution in [3.8, 4) is 5.75 Å². The van der Waals surface area contributed by atoms with Gasteiger partial charge in [-0.05, 0) is 46.9 Å². The molecule has 0 bridgehead atoms. The summed E-state index contributed by atoms with van der Waals surface area (Å²) in [7, 11) is 1.61. The van der Waals surface area contributed by atoms with E-state index in [1.54, 1.807) is 19.2 Å². The fourth-order valence-electron chi connectivity index (χ4n) is 1.77. The normalized spacial score (nSPS) is 10.3. The van der Waals surface area contributed by atoms with Gasteiger partial charge in [-0.15, -0.1) is 0 Å². The van der Waals surface area contributed by atoms with Gasteiger partial charge in [-0.1, -0.05) is 18.2 Å². The number of anilines is 1. The van der Waals surface area contributed by atoms with Crippen LogP contribution in [0.1, 0.15) is 15.9 Å². The Bertz CT molecular complexity index is 628. The maximum absolute atomic E-state index is 12.2. The first-order valence-electron chi connectivity index (χ1n) is 5.98. The van der Waals surface area contributed by atoms with Crippen molar-refractivity contribution in [2.24, 2.45) is 0 Å². The minimum Gasteiger partial charge on any atom is -0.507 e. The highest BCUT2D eigenvalue weighted by Crippen LogP contribution is 2.22. The van der Waals surface area contributed by atoms with Crippen molar-refractivity contribution in [2.75, 3.05) is 12.4 Å². The molecule has 2 aromatic rings. The summed E-state index contributed by atoms with van der Waals surface area (Å²) in [4.78, 5) is 12.2. The van der Waals surface area contributed by atoms with Gasteiger partial charge < -0.3 is 15.2 Å². The van der Waals surface area contributed by atoms with Crippen LogP contribution in [0.3, 0.4) is 0 Å². The summed E-state index contributed by atoms with van der Waals surface area (Å²) < 4.78 is 5.81. The molecule has 104 valence electrons. The molecule has 0 atom stereocenters. The highest BCUT2D eigenvalue weighted by molar-refractivity contribution is 14.1. The van der Waals surface area contributed by atoms with Crippen molar-refractivity contribution in [3.05, 3.63) is 57.2 Å². The Morgan fingerprint density at radius 3 is 2.75 bits per heavy atom. The molecular weight excluding hydrogens is 369 g/mol. The predicted octanol–water partition coefficient (Wildman–Crippen LogP) is 3.40. The van der Waals surface area contributed by atoms with E-state index in [-0.39, 0.29) is 11.7 Å². The van der Waals surface area contributed by atoms with Crippen LogP contribution in [-0.2, 0) is 11.3 Å². The topological polar surface area (TPSA) is 58.6 Å². The fourth-order valence-corrected chi connectivity index (χ4v) is 2.11. The molecule has 0 aromatic heterocycles. The van der Waals surface area contributed by atoms with Crippen LogP contribution in [0, 0.1) is 3.57 Å². The second-order valence-electron chi connectivity index (χ2n) is 4.21. The first kappa shape index (κ1) is 14.8. The SMILES string of the molecule is COCc1ccccc1NC(=O)c1ccc(I)c(O)c1. The Morgan fingerprint density at radius 2 is 2.05 bits per heavy atom. The number of carbonyl (C=O) groups is 1. The van der Waals surface area contributed by atoms with Gasteiger partial charge in [0.1, 0.15) is 5.75 Å². The molecule has 0 spiro atoms. The number of aromatic hydroxyl groups is 1. The first-order valence-corrected chi connectivity index (χ1v) is 7.06. The summed E-state index contributed by atoms with van der Waals surface area (Å²) in [6.45, 7) is 0.425. The average Bonchev–Trinajstić information content (AvgIpc) is 2.44. The summed E-state index contributed by atoms with van der Waals surface area (Å²) in [5.41, 5.74) is 2.02. The second kappa shape index (κ2) is 6.71. The molecular formula is C15H14INO3. The first-order chi connectivity index (χ1) is 9.61. The van der Waals surface area contributed by atoms with E-state index < -0.39 is 0 Å². The van der Waals surface area contributed by atoms with Crippen molar-refractivity contribution >= 4 is 34.2 Å². The second-order valence-corrected chi connectivity index (χ2v) is 5.37. The van der Waals surface area contributed by atoms with Crippen LogP contribution in [0.25, 0.3) is 0 Å². The highest BCUT2D eigenvalue weighted by Gasteiger charge is 2.10. The highest BCUT2D eigenvalue weighted by atomic mass is 127. The molecule has 0 saturated carbocycles. The van der Waals surface area contributed by atoms with Gasteiger partial charge in [0.05, 0.1) is 10.2 Å². The smallest absolute Gasteiger partial charge is 0.255 e. The lowest BCUT2D eigenvalue weighted by molar-refractivity contribution is 0.102. The molecule has 0 aliphatic heterocycles. The lowest BCUT2D eigenvalue weighted by atomic mass is 10.1. The van der Waals surface area contributed by atoms with Gasteiger partial charge in [0, 0.05) is 23.9 Å². The molecule has 2 rings (SSSR count). The molecule has 0 saturated heterocycles. The maximum atomic E-state index is 12.2. The Labute approximate surface area is 130 Å². The summed E-state index contributed by atoms with van der Waals surface area (Å²) in [5, 5.41) is 12.5. The molecule has 20 heavy (non-hydrogen) atoms. The van der Waals surface area contributed by atoms with Crippen LogP contribution in [-0.4, -0.2) is 18.1 Å². The van der Waals surface area contributed by atoms with Crippen LogP contribution in [0.2, 0.25) is 0 Å². The number of hydrogen-bond acceptors (Lipinski definition) is 3. The maximum Gasteiger partial charge on any atom is 0.255 e. The van der Waals surface area contributed by atoms with E-state index >= 15 is 0 Å². The van der Waals surface area contributed by atoms with E-state index in [1.807, 2.05) is 46.9 Å². The number of amides is 1. The van der Waals surface area contributed by atoms with E-state index in [0.29, 0.717) is 21.4 Å². The zero-order chi connectivity index (χ0) is 14.5. The number of para-hydroxylation sites is 1. The Balaban J connectivity index is 2.21. The third-order valence-corrected chi connectivity index (χ3v) is 3.69. The molecule has 0 aliphatic rings. The molecule has 0 radical (unpaired) electrons. The van der Waals surface area contributed by atoms with Gasteiger partial charge in [-0.3, -0.25) is 4.79 Å². The van der Waals surface area contributed by atoms with Crippen LogP contribution < -0.4 is 5.32 Å². The summed E-state index contributed by atoms with van der Waals surface area (Å²) in [6.07, 6.45) is 0. The quantitative estimate of drug-likeness (QED) is 0.796. The molecule has 2 N–H and O–H groups in total. The molecule has 0 unspecified atom stereocenters. The van der Waals surface area contributed by atoms with Gasteiger partial charge in [0.25, 0.3) is 5.91 Å². The van der Waals surface area contributed by atoms with Crippen LogP contribution in [0.4, 0.5) is 5.69 Å². The van der Waals surface area contributed by atoms with Crippen molar-refractivity contribution in [1.82, 2.24) is 0 Å². The standard InChI is InChI=1S/C15H14INO3/c1-20-9-11-4-2-3-5-13(11)17-15(19)10-6-7-12(16)14(18)8-10/h2-8,18H,9H2,1H3,(H,17,19). The van der Waals surface area contributed by atoms with Gasteiger partial charge in [0.2, 0.25) is 0 Å². The van der Waals surface area contributed by atoms with E-state index in [0.717, 1.165) is 5.56 Å².